The summed E-state index contributed by atoms with van der Waals surface area (Å²) in [6, 6.07) is 8.41. The molecule has 4 N–H and O–H groups in total. The van der Waals surface area contributed by atoms with Crippen LogP contribution in [-0.4, -0.2) is 38.1 Å². The zero-order valence-electron chi connectivity index (χ0n) is 14.9. The number of primary amides is 1. The molecule has 2 amide bonds. The van der Waals surface area contributed by atoms with E-state index in [9.17, 15) is 18.3 Å². The molecule has 0 radical (unpaired) electrons. The minimum atomic E-state index is -4.11. The lowest BCUT2D eigenvalue weighted by Crippen LogP contribution is -2.32. The van der Waals surface area contributed by atoms with Crippen LogP contribution in [0.25, 0.3) is 0 Å². The first kappa shape index (κ1) is 22.8. The number of amides is 2. The van der Waals surface area contributed by atoms with E-state index in [-0.39, 0.29) is 17.3 Å². The summed E-state index contributed by atoms with van der Waals surface area (Å²) in [5, 5.41) is 10.5. The number of hydrogen-bond acceptors (Lipinski definition) is 5. The van der Waals surface area contributed by atoms with Gasteiger partial charge in [0, 0.05) is 11.0 Å². The molecule has 0 bridgehead atoms. The fraction of sp³-hybridized carbons (Fsp3) is 0.235. The number of aromatic hydroxyl groups is 1. The number of hydrogen-bond donors (Lipinski definition) is 3. The Balaban J connectivity index is 2.54. The summed E-state index contributed by atoms with van der Waals surface area (Å²) in [6.45, 7) is 0.187. The van der Waals surface area contributed by atoms with E-state index in [1.54, 1.807) is 36.0 Å². The molecule has 2 aromatic rings. The summed E-state index contributed by atoms with van der Waals surface area (Å²) < 4.78 is 28.3. The fourth-order valence-electron chi connectivity index (χ4n) is 2.47. The maximum Gasteiger partial charge on any atom is 0.324 e. The number of benzene rings is 2. The molecule has 0 saturated carbocycles. The normalized spacial score (nSPS) is 11.4. The second-order valence-electron chi connectivity index (χ2n) is 5.61. The zero-order chi connectivity index (χ0) is 20.9. The van der Waals surface area contributed by atoms with Crippen LogP contribution in [0.15, 0.2) is 45.8 Å². The maximum atomic E-state index is 12.7. The molecule has 11 heteroatoms. The van der Waals surface area contributed by atoms with Crippen LogP contribution >= 0.6 is 39.3 Å². The first-order valence-corrected chi connectivity index (χ1v) is 12.1. The van der Waals surface area contributed by atoms with Gasteiger partial charge in [0.05, 0.1) is 16.4 Å². The van der Waals surface area contributed by atoms with Crippen LogP contribution in [0.1, 0.15) is 6.42 Å². The molecule has 0 aliphatic heterocycles. The summed E-state index contributed by atoms with van der Waals surface area (Å²) in [7, 11) is -4.11. The Labute approximate surface area is 181 Å². The van der Waals surface area contributed by atoms with Gasteiger partial charge < -0.3 is 10.8 Å². The van der Waals surface area contributed by atoms with Crippen LogP contribution in [0.5, 0.6) is 5.75 Å². The molecular formula is C17H19BrClN3O4S2. The number of nitrogens with two attached hydrogens (primary N) is 1. The summed E-state index contributed by atoms with van der Waals surface area (Å²) in [6.07, 6.45) is 2.53. The van der Waals surface area contributed by atoms with Crippen molar-refractivity contribution in [1.29, 1.82) is 0 Å². The van der Waals surface area contributed by atoms with Crippen molar-refractivity contribution in [1.82, 2.24) is 4.72 Å². The molecule has 0 aliphatic rings. The highest BCUT2D eigenvalue weighted by Gasteiger charge is 2.29. The lowest BCUT2D eigenvalue weighted by atomic mass is 10.2. The number of carbonyl (C=O) groups excluding carboxylic acids is 1. The zero-order valence-corrected chi connectivity index (χ0v) is 18.8. The molecule has 152 valence electrons. The number of rotatable bonds is 8. The average molecular weight is 509 g/mol. The first-order chi connectivity index (χ1) is 13.2. The largest absolute Gasteiger partial charge is 0.504 e. The maximum absolute atomic E-state index is 12.7. The lowest BCUT2D eigenvalue weighted by Gasteiger charge is -2.24. The first-order valence-electron chi connectivity index (χ1n) is 8.05. The van der Waals surface area contributed by atoms with Crippen molar-refractivity contribution in [3.8, 4) is 5.75 Å². The number of carbonyl (C=O) groups is 1. The Morgan fingerprint density at radius 3 is 2.57 bits per heavy atom. The molecule has 0 aliphatic carbocycles. The topological polar surface area (TPSA) is 113 Å². The third-order valence-corrected chi connectivity index (χ3v) is 7.03. The van der Waals surface area contributed by atoms with Gasteiger partial charge in [0.1, 0.15) is 4.90 Å². The predicted molar refractivity (Wildman–Crippen MR) is 117 cm³/mol. The smallest absolute Gasteiger partial charge is 0.324 e. The Morgan fingerprint density at radius 2 is 1.96 bits per heavy atom. The van der Waals surface area contributed by atoms with Gasteiger partial charge in [0.15, 0.2) is 5.75 Å². The quantitative estimate of drug-likeness (QED) is 0.466. The molecule has 28 heavy (non-hydrogen) atoms. The van der Waals surface area contributed by atoms with Crippen molar-refractivity contribution >= 4 is 66.7 Å². The van der Waals surface area contributed by atoms with Crippen molar-refractivity contribution in [2.24, 2.45) is 5.73 Å². The third-order valence-electron chi connectivity index (χ3n) is 3.70. The molecule has 0 heterocycles. The fourth-order valence-corrected chi connectivity index (χ4v) is 5.06. The Morgan fingerprint density at radius 1 is 1.29 bits per heavy atom. The van der Waals surface area contributed by atoms with Gasteiger partial charge in [0.25, 0.3) is 0 Å². The van der Waals surface area contributed by atoms with Crippen molar-refractivity contribution in [3.63, 3.8) is 0 Å². The molecule has 0 aromatic heterocycles. The monoisotopic (exact) mass is 507 g/mol. The van der Waals surface area contributed by atoms with E-state index >= 15 is 0 Å². The molecule has 0 saturated heterocycles. The van der Waals surface area contributed by atoms with E-state index in [1.807, 2.05) is 6.26 Å². The van der Waals surface area contributed by atoms with Crippen LogP contribution in [0.4, 0.5) is 16.2 Å². The van der Waals surface area contributed by atoms with Gasteiger partial charge >= 0.3 is 6.03 Å². The Bertz CT molecular complexity index is 973. The van der Waals surface area contributed by atoms with E-state index in [1.165, 1.54) is 12.1 Å². The van der Waals surface area contributed by atoms with Crippen LogP contribution in [0.2, 0.25) is 5.02 Å². The number of anilines is 2. The molecule has 0 atom stereocenters. The minimum Gasteiger partial charge on any atom is -0.504 e. The Kier molecular flexibility index (Phi) is 8.02. The van der Waals surface area contributed by atoms with Crippen molar-refractivity contribution in [2.75, 3.05) is 23.5 Å². The summed E-state index contributed by atoms with van der Waals surface area (Å²) in [5.41, 5.74) is 5.74. The van der Waals surface area contributed by atoms with E-state index in [0.29, 0.717) is 16.6 Å². The van der Waals surface area contributed by atoms with Crippen LogP contribution < -0.4 is 15.4 Å². The van der Waals surface area contributed by atoms with E-state index in [4.69, 9.17) is 17.3 Å². The molecule has 2 rings (SSSR count). The molecule has 0 spiro atoms. The SMILES string of the molecule is CSCCCNS(=O)(=O)c1c(Cl)ccc(N(C(N)=O)c2ccccc2Br)c1O. The highest BCUT2D eigenvalue weighted by Crippen LogP contribution is 2.42. The Hall–Kier alpha value is -1.46. The number of phenolic OH excluding ortho intramolecular Hbond substituents is 1. The summed E-state index contributed by atoms with van der Waals surface area (Å²) in [4.78, 5) is 12.6. The number of nitrogens with zero attached hydrogens (tertiary/aromatic N) is 1. The van der Waals surface area contributed by atoms with Crippen LogP contribution in [0, 0.1) is 0 Å². The highest BCUT2D eigenvalue weighted by molar-refractivity contribution is 9.10. The molecule has 0 fully saturated rings. The van der Waals surface area contributed by atoms with Crippen LogP contribution in [-0.2, 0) is 10.0 Å². The van der Waals surface area contributed by atoms with Crippen molar-refractivity contribution in [3.05, 3.63) is 45.9 Å². The molecule has 2 aromatic carbocycles. The summed E-state index contributed by atoms with van der Waals surface area (Å²) >= 11 is 11.0. The van der Waals surface area contributed by atoms with Crippen molar-refractivity contribution in [2.45, 2.75) is 11.3 Å². The van der Waals surface area contributed by atoms with E-state index in [0.717, 1.165) is 10.7 Å². The second-order valence-corrected chi connectivity index (χ2v) is 9.56. The van der Waals surface area contributed by atoms with Gasteiger partial charge in [0.2, 0.25) is 10.0 Å². The number of nitrogens with one attached hydrogen (secondary N) is 1. The number of thioether (sulfide) groups is 1. The van der Waals surface area contributed by atoms with Gasteiger partial charge in [-0.2, -0.15) is 11.8 Å². The summed E-state index contributed by atoms with van der Waals surface area (Å²) in [5.74, 6) is 0.110. The van der Waals surface area contributed by atoms with Gasteiger partial charge in [-0.25, -0.2) is 17.9 Å². The number of sulfonamides is 1. The molecule has 7 nitrogen and oxygen atoms in total. The van der Waals surface area contributed by atoms with Gasteiger partial charge in [-0.1, -0.05) is 23.7 Å². The standard InChI is InChI=1S/C17H19BrClN3O4S2/c1-27-10-4-9-21-28(25,26)16-12(19)7-8-14(15(16)23)22(17(20)24)13-6-3-2-5-11(13)18/h2-3,5-8,21,23H,4,9-10H2,1H3,(H2,20,24). The third kappa shape index (κ3) is 5.12. The van der Waals surface area contributed by atoms with Gasteiger partial charge in [-0.05, 0) is 58.6 Å². The predicted octanol–water partition coefficient (Wildman–Crippen LogP) is 4.06. The second kappa shape index (κ2) is 9.84. The van der Waals surface area contributed by atoms with E-state index in [2.05, 4.69) is 20.7 Å². The molecular weight excluding hydrogens is 490 g/mol. The highest BCUT2D eigenvalue weighted by atomic mass is 79.9. The number of phenols is 1. The van der Waals surface area contributed by atoms with Crippen LogP contribution in [0.3, 0.4) is 0 Å². The number of urea groups is 1. The van der Waals surface area contributed by atoms with Gasteiger partial charge in [-0.15, -0.1) is 0 Å². The number of halogens is 2. The van der Waals surface area contributed by atoms with E-state index < -0.39 is 26.7 Å². The lowest BCUT2D eigenvalue weighted by molar-refractivity contribution is 0.256. The average Bonchev–Trinajstić information content (AvgIpc) is 2.62. The van der Waals surface area contributed by atoms with Crippen molar-refractivity contribution < 1.29 is 18.3 Å². The van der Waals surface area contributed by atoms with Gasteiger partial charge in [-0.3, -0.25) is 4.90 Å². The molecule has 0 unspecified atom stereocenters. The minimum absolute atomic E-state index is 0.103. The number of para-hydroxylation sites is 1.